The van der Waals surface area contributed by atoms with Gasteiger partial charge in [-0.1, -0.05) is 12.1 Å². The molecule has 2 rings (SSSR count). The molecule has 2 aromatic rings. The van der Waals surface area contributed by atoms with E-state index in [1.165, 1.54) is 6.08 Å². The summed E-state index contributed by atoms with van der Waals surface area (Å²) in [6.07, 6.45) is 1.46. The number of rotatable bonds is 4. The molecule has 0 bridgehead atoms. The van der Waals surface area contributed by atoms with Crippen molar-refractivity contribution in [3.63, 3.8) is 0 Å². The van der Waals surface area contributed by atoms with Gasteiger partial charge in [0.15, 0.2) is 0 Å². The van der Waals surface area contributed by atoms with Gasteiger partial charge in [0, 0.05) is 0 Å². The number of carbonyl (C=O) groups excluding carboxylic acids is 1. The highest BCUT2D eigenvalue weighted by molar-refractivity contribution is 6.58. The molecule has 0 spiro atoms. The Kier molecular flexibility index (Phi) is 4.10. The number of isocyanates is 1. The first-order valence-corrected chi connectivity index (χ1v) is 5.51. The number of ether oxygens (including phenoxy) is 1. The molecule has 0 atom stereocenters. The van der Waals surface area contributed by atoms with Crippen molar-refractivity contribution in [1.82, 2.24) is 0 Å². The fourth-order valence-electron chi connectivity index (χ4n) is 1.49. The lowest BCUT2D eigenvalue weighted by Gasteiger charge is -2.06. The Bertz CT molecular complexity index is 589. The fraction of sp³-hybridized carbons (Fsp3) is 0. The van der Waals surface area contributed by atoms with E-state index in [1.807, 2.05) is 0 Å². The molecule has 0 fully saturated rings. The third kappa shape index (κ3) is 3.53. The molecule has 0 unspecified atom stereocenters. The minimum Gasteiger partial charge on any atom is -0.457 e. The van der Waals surface area contributed by atoms with Crippen molar-refractivity contribution in [2.75, 3.05) is 0 Å². The van der Waals surface area contributed by atoms with E-state index in [4.69, 9.17) is 14.8 Å². The van der Waals surface area contributed by atoms with E-state index in [9.17, 15) is 4.79 Å². The summed E-state index contributed by atoms with van der Waals surface area (Å²) in [6.45, 7) is 0. The van der Waals surface area contributed by atoms with Crippen LogP contribution in [-0.4, -0.2) is 23.2 Å². The van der Waals surface area contributed by atoms with E-state index in [0.717, 1.165) is 0 Å². The van der Waals surface area contributed by atoms with E-state index in [-0.39, 0.29) is 0 Å². The summed E-state index contributed by atoms with van der Waals surface area (Å²) >= 11 is 0. The maximum atomic E-state index is 10.1. The third-order valence-corrected chi connectivity index (χ3v) is 2.43. The quantitative estimate of drug-likeness (QED) is 0.487. The van der Waals surface area contributed by atoms with Crippen molar-refractivity contribution in [2.45, 2.75) is 0 Å². The van der Waals surface area contributed by atoms with E-state index >= 15 is 0 Å². The van der Waals surface area contributed by atoms with Crippen LogP contribution in [0.1, 0.15) is 0 Å². The van der Waals surface area contributed by atoms with Gasteiger partial charge in [-0.05, 0) is 41.9 Å². The monoisotopic (exact) mass is 255 g/mol. The number of nitrogens with zero attached hydrogens (tertiary/aromatic N) is 1. The molecule has 2 N–H and O–H groups in total. The van der Waals surface area contributed by atoms with Crippen molar-refractivity contribution < 1.29 is 19.6 Å². The molecule has 0 saturated heterocycles. The predicted molar refractivity (Wildman–Crippen MR) is 70.6 cm³/mol. The highest BCUT2D eigenvalue weighted by atomic mass is 16.5. The van der Waals surface area contributed by atoms with Crippen LogP contribution in [0.15, 0.2) is 53.5 Å². The van der Waals surface area contributed by atoms with Crippen LogP contribution >= 0.6 is 0 Å². The number of hydrogen-bond donors (Lipinski definition) is 2. The van der Waals surface area contributed by atoms with Gasteiger partial charge >= 0.3 is 7.12 Å². The average Bonchev–Trinajstić information content (AvgIpc) is 2.42. The van der Waals surface area contributed by atoms with Crippen molar-refractivity contribution in [3.8, 4) is 11.5 Å². The Morgan fingerprint density at radius 2 is 1.47 bits per heavy atom. The summed E-state index contributed by atoms with van der Waals surface area (Å²) in [6, 6.07) is 13.0. The van der Waals surface area contributed by atoms with Crippen LogP contribution in [0.25, 0.3) is 0 Å². The van der Waals surface area contributed by atoms with Gasteiger partial charge in [-0.25, -0.2) is 4.79 Å². The van der Waals surface area contributed by atoms with Crippen molar-refractivity contribution in [3.05, 3.63) is 48.5 Å². The van der Waals surface area contributed by atoms with Crippen LogP contribution in [0.3, 0.4) is 0 Å². The number of benzene rings is 2. The highest BCUT2D eigenvalue weighted by Gasteiger charge is 2.09. The maximum absolute atomic E-state index is 10.1. The molecule has 0 aliphatic rings. The Labute approximate surface area is 110 Å². The van der Waals surface area contributed by atoms with Gasteiger partial charge in [0.25, 0.3) is 0 Å². The van der Waals surface area contributed by atoms with Gasteiger partial charge in [-0.3, -0.25) is 0 Å². The van der Waals surface area contributed by atoms with Crippen LogP contribution in [-0.2, 0) is 4.79 Å². The molecule has 19 heavy (non-hydrogen) atoms. The van der Waals surface area contributed by atoms with Crippen LogP contribution in [0.4, 0.5) is 5.69 Å². The van der Waals surface area contributed by atoms with Gasteiger partial charge in [-0.2, -0.15) is 4.99 Å². The molecule has 0 amide bonds. The molecule has 0 saturated carbocycles. The second-order valence-corrected chi connectivity index (χ2v) is 3.74. The average molecular weight is 255 g/mol. The molecule has 0 radical (unpaired) electrons. The zero-order valence-electron chi connectivity index (χ0n) is 9.85. The van der Waals surface area contributed by atoms with E-state index in [0.29, 0.717) is 22.6 Å². The number of aliphatic imine (C=N–C) groups is 1. The second kappa shape index (κ2) is 5.97. The van der Waals surface area contributed by atoms with Crippen molar-refractivity contribution in [1.29, 1.82) is 0 Å². The minimum absolute atomic E-state index is 0.392. The largest absolute Gasteiger partial charge is 0.488 e. The molecule has 0 aromatic heterocycles. The SMILES string of the molecule is O=C=Nc1ccc(Oc2ccc(B(O)O)cc2)cc1. The first-order valence-electron chi connectivity index (χ1n) is 5.51. The molecular formula is C13H10BNO4. The molecule has 94 valence electrons. The lowest BCUT2D eigenvalue weighted by molar-refractivity contribution is 0.425. The topological polar surface area (TPSA) is 79.1 Å². The van der Waals surface area contributed by atoms with Crippen LogP contribution < -0.4 is 10.2 Å². The van der Waals surface area contributed by atoms with Gasteiger partial charge < -0.3 is 14.8 Å². The smallest absolute Gasteiger partial charge is 0.457 e. The first-order chi connectivity index (χ1) is 9.19. The minimum atomic E-state index is -1.49. The predicted octanol–water partition coefficient (Wildman–Crippen LogP) is 1.13. The molecule has 0 aliphatic heterocycles. The third-order valence-electron chi connectivity index (χ3n) is 2.43. The van der Waals surface area contributed by atoms with Crippen LogP contribution in [0.2, 0.25) is 0 Å². The molecule has 0 aliphatic carbocycles. The first kappa shape index (κ1) is 13.0. The fourth-order valence-corrected chi connectivity index (χ4v) is 1.49. The summed E-state index contributed by atoms with van der Waals surface area (Å²) in [7, 11) is -1.49. The van der Waals surface area contributed by atoms with E-state index in [1.54, 1.807) is 48.5 Å². The summed E-state index contributed by atoms with van der Waals surface area (Å²) in [5, 5.41) is 17.9. The summed E-state index contributed by atoms with van der Waals surface area (Å²) in [5.74, 6) is 1.15. The molecular weight excluding hydrogens is 245 g/mol. The van der Waals surface area contributed by atoms with Crippen molar-refractivity contribution in [2.24, 2.45) is 4.99 Å². The zero-order chi connectivity index (χ0) is 13.7. The maximum Gasteiger partial charge on any atom is 0.488 e. The van der Waals surface area contributed by atoms with Crippen LogP contribution in [0, 0.1) is 0 Å². The molecule has 2 aromatic carbocycles. The van der Waals surface area contributed by atoms with Gasteiger partial charge in [0.1, 0.15) is 11.5 Å². The van der Waals surface area contributed by atoms with Crippen LogP contribution in [0.5, 0.6) is 11.5 Å². The lowest BCUT2D eigenvalue weighted by atomic mass is 9.80. The standard InChI is InChI=1S/C13H10BNO4/c16-9-15-11-3-7-13(8-4-11)19-12-5-1-10(2-6-12)14(17)18/h1-8,17-18H. The Morgan fingerprint density at radius 1 is 0.947 bits per heavy atom. The van der Waals surface area contributed by atoms with Gasteiger partial charge in [-0.15, -0.1) is 0 Å². The lowest BCUT2D eigenvalue weighted by Crippen LogP contribution is -2.29. The van der Waals surface area contributed by atoms with Gasteiger partial charge in [0.05, 0.1) is 5.69 Å². The van der Waals surface area contributed by atoms with E-state index in [2.05, 4.69) is 4.99 Å². The normalized spacial score (nSPS) is 9.58. The molecule has 0 heterocycles. The summed E-state index contributed by atoms with van der Waals surface area (Å²) in [5.41, 5.74) is 0.893. The van der Waals surface area contributed by atoms with Gasteiger partial charge in [0.2, 0.25) is 6.08 Å². The number of hydrogen-bond acceptors (Lipinski definition) is 5. The molecule has 5 nitrogen and oxygen atoms in total. The molecule has 6 heteroatoms. The summed E-state index contributed by atoms with van der Waals surface area (Å²) in [4.78, 5) is 13.5. The van der Waals surface area contributed by atoms with Crippen molar-refractivity contribution >= 4 is 24.3 Å². The Balaban J connectivity index is 2.10. The highest BCUT2D eigenvalue weighted by Crippen LogP contribution is 2.23. The zero-order valence-corrected chi connectivity index (χ0v) is 9.85. The van der Waals surface area contributed by atoms with E-state index < -0.39 is 7.12 Å². The Morgan fingerprint density at radius 3 is 1.95 bits per heavy atom. The Hall–Kier alpha value is -2.40. The summed E-state index contributed by atoms with van der Waals surface area (Å²) < 4.78 is 5.54. The second-order valence-electron chi connectivity index (χ2n) is 3.74.